The monoisotopic (exact) mass is 337 g/mol. The summed E-state index contributed by atoms with van der Waals surface area (Å²) in [5.74, 6) is 0.542. The van der Waals surface area contributed by atoms with Crippen molar-refractivity contribution in [3.63, 3.8) is 0 Å². The van der Waals surface area contributed by atoms with E-state index in [1.165, 1.54) is 5.56 Å². The van der Waals surface area contributed by atoms with Crippen LogP contribution in [-0.4, -0.2) is 53.9 Å². The van der Waals surface area contributed by atoms with Crippen LogP contribution >= 0.6 is 0 Å². The predicted molar refractivity (Wildman–Crippen MR) is 102 cm³/mol. The second-order valence-corrected chi connectivity index (χ2v) is 7.14. The summed E-state index contributed by atoms with van der Waals surface area (Å²) in [5.41, 5.74) is 4.29. The smallest absolute Gasteiger partial charge is 0.253 e. The number of aromatic nitrogens is 1. The number of pyridine rings is 1. The second-order valence-electron chi connectivity index (χ2n) is 7.14. The average molecular weight is 337 g/mol. The molecule has 1 aromatic heterocycles. The van der Waals surface area contributed by atoms with Crippen molar-refractivity contribution in [3.05, 3.63) is 53.9 Å². The van der Waals surface area contributed by atoms with Crippen LogP contribution in [0.3, 0.4) is 0 Å². The van der Waals surface area contributed by atoms with Gasteiger partial charge in [0.1, 0.15) is 0 Å². The van der Waals surface area contributed by atoms with Gasteiger partial charge in [-0.1, -0.05) is 19.9 Å². The van der Waals surface area contributed by atoms with E-state index in [2.05, 4.69) is 42.9 Å². The molecule has 0 atom stereocenters. The van der Waals surface area contributed by atoms with E-state index < -0.39 is 0 Å². The van der Waals surface area contributed by atoms with E-state index in [1.54, 1.807) is 12.4 Å². The van der Waals surface area contributed by atoms with Gasteiger partial charge >= 0.3 is 0 Å². The van der Waals surface area contributed by atoms with Gasteiger partial charge in [0.05, 0.1) is 0 Å². The zero-order valence-electron chi connectivity index (χ0n) is 15.4. The van der Waals surface area contributed by atoms with Crippen LogP contribution in [0.2, 0.25) is 0 Å². The Hall–Kier alpha value is -2.20. The van der Waals surface area contributed by atoms with Crippen molar-refractivity contribution in [1.29, 1.82) is 0 Å². The number of rotatable bonds is 3. The van der Waals surface area contributed by atoms with Gasteiger partial charge in [0.2, 0.25) is 0 Å². The molecule has 1 aliphatic heterocycles. The highest BCUT2D eigenvalue weighted by Gasteiger charge is 2.20. The van der Waals surface area contributed by atoms with Crippen molar-refractivity contribution >= 4 is 5.91 Å². The Bertz CT molecular complexity index is 727. The molecule has 1 aromatic carbocycles. The fraction of sp³-hybridized carbons (Fsp3) is 0.429. The van der Waals surface area contributed by atoms with Gasteiger partial charge in [-0.15, -0.1) is 0 Å². The molecule has 0 N–H and O–H groups in total. The molecule has 1 aliphatic rings. The first kappa shape index (κ1) is 17.6. The summed E-state index contributed by atoms with van der Waals surface area (Å²) in [7, 11) is 2.12. The molecular weight excluding hydrogens is 310 g/mol. The van der Waals surface area contributed by atoms with Crippen molar-refractivity contribution < 1.29 is 4.79 Å². The minimum absolute atomic E-state index is 0.140. The summed E-state index contributed by atoms with van der Waals surface area (Å²) in [5, 5.41) is 0. The summed E-state index contributed by atoms with van der Waals surface area (Å²) in [6, 6.07) is 10.2. The van der Waals surface area contributed by atoms with Gasteiger partial charge < -0.3 is 9.80 Å². The highest BCUT2D eigenvalue weighted by atomic mass is 16.2. The Kier molecular flexibility index (Phi) is 5.49. The third-order valence-corrected chi connectivity index (χ3v) is 4.92. The van der Waals surface area contributed by atoms with Crippen LogP contribution in [0, 0.1) is 0 Å². The van der Waals surface area contributed by atoms with Gasteiger partial charge in [-0.25, -0.2) is 0 Å². The van der Waals surface area contributed by atoms with Gasteiger partial charge in [-0.2, -0.15) is 0 Å². The number of nitrogens with zero attached hydrogens (tertiary/aromatic N) is 3. The van der Waals surface area contributed by atoms with Gasteiger partial charge in [-0.05, 0) is 66.9 Å². The first-order valence-corrected chi connectivity index (χ1v) is 9.08. The molecule has 4 nitrogen and oxygen atoms in total. The van der Waals surface area contributed by atoms with Gasteiger partial charge in [-0.3, -0.25) is 9.78 Å². The number of amides is 1. The molecule has 0 radical (unpaired) electrons. The lowest BCUT2D eigenvalue weighted by atomic mass is 9.91. The van der Waals surface area contributed by atoms with Crippen molar-refractivity contribution in [2.24, 2.45) is 0 Å². The highest BCUT2D eigenvalue weighted by molar-refractivity contribution is 5.96. The summed E-state index contributed by atoms with van der Waals surface area (Å²) < 4.78 is 0. The van der Waals surface area contributed by atoms with E-state index >= 15 is 0 Å². The van der Waals surface area contributed by atoms with Crippen molar-refractivity contribution in [3.8, 4) is 11.1 Å². The third kappa shape index (κ3) is 4.07. The lowest BCUT2D eigenvalue weighted by Gasteiger charge is -2.22. The molecule has 1 amide bonds. The Balaban J connectivity index is 1.93. The number of carbonyl (C=O) groups is 1. The van der Waals surface area contributed by atoms with E-state index in [1.807, 2.05) is 23.1 Å². The number of likely N-dealkylation sites (N-methyl/N-ethyl adjacent to an activating group) is 1. The van der Waals surface area contributed by atoms with Crippen molar-refractivity contribution in [2.45, 2.75) is 26.2 Å². The van der Waals surface area contributed by atoms with E-state index in [-0.39, 0.29) is 5.91 Å². The molecule has 0 spiro atoms. The third-order valence-electron chi connectivity index (χ3n) is 4.92. The zero-order chi connectivity index (χ0) is 17.8. The van der Waals surface area contributed by atoms with Gasteiger partial charge in [0.25, 0.3) is 5.91 Å². The SMILES string of the molecule is CC(C)c1ccc(C(=O)N2CCCN(C)CC2)cc1-c1ccncc1. The van der Waals surface area contributed by atoms with Crippen LogP contribution in [0.25, 0.3) is 11.1 Å². The molecule has 1 saturated heterocycles. The Morgan fingerprint density at radius 3 is 2.52 bits per heavy atom. The normalized spacial score (nSPS) is 16.1. The zero-order valence-corrected chi connectivity index (χ0v) is 15.4. The van der Waals surface area contributed by atoms with E-state index in [0.717, 1.165) is 49.3 Å². The maximum atomic E-state index is 13.0. The van der Waals surface area contributed by atoms with Crippen LogP contribution in [0.4, 0.5) is 0 Å². The number of hydrogen-bond donors (Lipinski definition) is 0. The van der Waals surface area contributed by atoms with Gasteiger partial charge in [0.15, 0.2) is 0 Å². The van der Waals surface area contributed by atoms with Crippen LogP contribution in [0.1, 0.15) is 42.1 Å². The largest absolute Gasteiger partial charge is 0.337 e. The summed E-state index contributed by atoms with van der Waals surface area (Å²) >= 11 is 0. The summed E-state index contributed by atoms with van der Waals surface area (Å²) in [4.78, 5) is 21.4. The summed E-state index contributed by atoms with van der Waals surface area (Å²) in [6.07, 6.45) is 4.64. The number of benzene rings is 1. The molecular formula is C21H27N3O. The molecule has 1 fully saturated rings. The molecule has 0 aliphatic carbocycles. The van der Waals surface area contributed by atoms with Gasteiger partial charge in [0, 0.05) is 37.6 Å². The van der Waals surface area contributed by atoms with Crippen molar-refractivity contribution in [2.75, 3.05) is 33.2 Å². The Morgan fingerprint density at radius 2 is 1.80 bits per heavy atom. The molecule has 2 heterocycles. The van der Waals surface area contributed by atoms with E-state index in [0.29, 0.717) is 5.92 Å². The summed E-state index contributed by atoms with van der Waals surface area (Å²) in [6.45, 7) is 8.00. The molecule has 2 aromatic rings. The maximum absolute atomic E-state index is 13.0. The lowest BCUT2D eigenvalue weighted by Crippen LogP contribution is -2.34. The topological polar surface area (TPSA) is 36.4 Å². The predicted octanol–water partition coefficient (Wildman–Crippen LogP) is 3.65. The number of carbonyl (C=O) groups excluding carboxylic acids is 1. The molecule has 3 rings (SSSR count). The molecule has 0 saturated carbocycles. The minimum Gasteiger partial charge on any atom is -0.337 e. The fourth-order valence-corrected chi connectivity index (χ4v) is 3.41. The average Bonchev–Trinajstić information content (AvgIpc) is 2.86. The molecule has 0 bridgehead atoms. The fourth-order valence-electron chi connectivity index (χ4n) is 3.41. The molecule has 0 unspecified atom stereocenters. The Morgan fingerprint density at radius 1 is 1.04 bits per heavy atom. The first-order chi connectivity index (χ1) is 12.1. The Labute approximate surface area is 150 Å². The van der Waals surface area contributed by atoms with Crippen LogP contribution < -0.4 is 0 Å². The van der Waals surface area contributed by atoms with Crippen LogP contribution in [0.5, 0.6) is 0 Å². The van der Waals surface area contributed by atoms with Crippen LogP contribution in [-0.2, 0) is 0 Å². The second kappa shape index (κ2) is 7.79. The molecule has 132 valence electrons. The quantitative estimate of drug-likeness (QED) is 0.858. The standard InChI is InChI=1S/C21H27N3O/c1-16(2)19-6-5-18(15-20(19)17-7-9-22-10-8-17)21(25)24-12-4-11-23(3)13-14-24/h5-10,15-16H,4,11-14H2,1-3H3. The highest BCUT2D eigenvalue weighted by Crippen LogP contribution is 2.30. The molecule has 4 heteroatoms. The van der Waals surface area contributed by atoms with E-state index in [4.69, 9.17) is 0 Å². The minimum atomic E-state index is 0.140. The van der Waals surface area contributed by atoms with Crippen LogP contribution in [0.15, 0.2) is 42.7 Å². The molecule has 25 heavy (non-hydrogen) atoms. The van der Waals surface area contributed by atoms with E-state index in [9.17, 15) is 4.79 Å². The number of hydrogen-bond acceptors (Lipinski definition) is 3. The maximum Gasteiger partial charge on any atom is 0.253 e. The van der Waals surface area contributed by atoms with Crippen molar-refractivity contribution in [1.82, 2.24) is 14.8 Å². The lowest BCUT2D eigenvalue weighted by molar-refractivity contribution is 0.0763. The first-order valence-electron chi connectivity index (χ1n) is 9.08.